The average molecular weight is 402 g/mol. The fraction of sp³-hybridized carbons (Fsp3) is 0.211. The summed E-state index contributed by atoms with van der Waals surface area (Å²) in [5.41, 5.74) is 1.75. The Hall–Kier alpha value is -2.64. The van der Waals surface area contributed by atoms with Gasteiger partial charge in [-0.15, -0.1) is 0 Å². The number of furan rings is 1. The molecule has 0 atom stereocenters. The molecule has 1 aliphatic rings. The first-order valence-electron chi connectivity index (χ1n) is 8.45. The third-order valence-electron chi connectivity index (χ3n) is 4.35. The van der Waals surface area contributed by atoms with Gasteiger partial charge in [0.2, 0.25) is 5.91 Å². The van der Waals surface area contributed by atoms with E-state index in [2.05, 4.69) is 10.3 Å². The number of benzene rings is 1. The summed E-state index contributed by atoms with van der Waals surface area (Å²) < 4.78 is 5.09. The van der Waals surface area contributed by atoms with Gasteiger partial charge >= 0.3 is 0 Å². The first-order chi connectivity index (χ1) is 13.1. The van der Waals surface area contributed by atoms with Gasteiger partial charge < -0.3 is 9.32 Å². The lowest BCUT2D eigenvalue weighted by Crippen LogP contribution is -2.36. The van der Waals surface area contributed by atoms with Crippen LogP contribution in [0.15, 0.2) is 47.1 Å². The molecule has 0 saturated heterocycles. The number of anilines is 1. The van der Waals surface area contributed by atoms with E-state index in [1.807, 2.05) is 23.1 Å². The first kappa shape index (κ1) is 17.8. The van der Waals surface area contributed by atoms with Gasteiger partial charge in [-0.3, -0.25) is 14.9 Å². The molecule has 3 heterocycles. The molecule has 1 aliphatic heterocycles. The van der Waals surface area contributed by atoms with Crippen molar-refractivity contribution in [3.8, 4) is 0 Å². The number of carbonyl (C=O) groups is 2. The number of hydrogen-bond acceptors (Lipinski definition) is 5. The quantitative estimate of drug-likeness (QED) is 0.722. The van der Waals surface area contributed by atoms with Gasteiger partial charge in [-0.2, -0.15) is 0 Å². The van der Waals surface area contributed by atoms with E-state index in [-0.39, 0.29) is 24.0 Å². The maximum atomic E-state index is 12.6. The maximum absolute atomic E-state index is 12.6. The lowest BCUT2D eigenvalue weighted by molar-refractivity contribution is -0.131. The molecular formula is C19H16ClN3O3S. The molecule has 3 aromatic rings. The molecule has 2 amide bonds. The monoisotopic (exact) mass is 401 g/mol. The van der Waals surface area contributed by atoms with E-state index in [4.69, 9.17) is 16.0 Å². The highest BCUT2D eigenvalue weighted by Crippen LogP contribution is 2.29. The number of thiazole rings is 1. The first-order valence-corrected chi connectivity index (χ1v) is 9.64. The predicted molar refractivity (Wildman–Crippen MR) is 103 cm³/mol. The Bertz CT molecular complexity index is 984. The molecule has 27 heavy (non-hydrogen) atoms. The van der Waals surface area contributed by atoms with E-state index in [9.17, 15) is 9.59 Å². The van der Waals surface area contributed by atoms with Gasteiger partial charge in [0.15, 0.2) is 10.9 Å². The smallest absolute Gasteiger partial charge is 0.293 e. The van der Waals surface area contributed by atoms with Crippen molar-refractivity contribution in [2.24, 2.45) is 0 Å². The molecule has 1 N–H and O–H groups in total. The number of carbonyl (C=O) groups excluding carboxylic acids is 2. The number of halogens is 1. The Balaban J connectivity index is 1.42. The molecule has 0 radical (unpaired) electrons. The van der Waals surface area contributed by atoms with Crippen molar-refractivity contribution in [2.45, 2.75) is 19.4 Å². The summed E-state index contributed by atoms with van der Waals surface area (Å²) in [5.74, 6) is -0.0687. The van der Waals surface area contributed by atoms with Crippen molar-refractivity contribution in [1.29, 1.82) is 0 Å². The Morgan fingerprint density at radius 3 is 2.89 bits per heavy atom. The van der Waals surface area contributed by atoms with Crippen LogP contribution < -0.4 is 5.32 Å². The molecule has 6 nitrogen and oxygen atoms in total. The number of rotatable bonds is 4. The second-order valence-corrected chi connectivity index (χ2v) is 7.64. The molecule has 0 saturated carbocycles. The van der Waals surface area contributed by atoms with Crippen molar-refractivity contribution in [1.82, 2.24) is 9.88 Å². The number of hydrogen-bond donors (Lipinski definition) is 1. The molecule has 2 aromatic heterocycles. The third-order valence-corrected chi connectivity index (χ3v) is 5.72. The second-order valence-electron chi connectivity index (χ2n) is 6.15. The number of aromatic nitrogens is 1. The largest absolute Gasteiger partial charge is 0.459 e. The van der Waals surface area contributed by atoms with E-state index in [0.29, 0.717) is 29.7 Å². The minimum absolute atomic E-state index is 0.0309. The van der Waals surface area contributed by atoms with E-state index in [0.717, 1.165) is 16.1 Å². The lowest BCUT2D eigenvalue weighted by atomic mass is 10.1. The van der Waals surface area contributed by atoms with Gasteiger partial charge in [0.05, 0.1) is 24.9 Å². The van der Waals surface area contributed by atoms with Crippen molar-refractivity contribution in [3.05, 3.63) is 69.6 Å². The van der Waals surface area contributed by atoms with Crippen molar-refractivity contribution in [2.75, 3.05) is 11.9 Å². The highest BCUT2D eigenvalue weighted by Gasteiger charge is 2.25. The zero-order valence-electron chi connectivity index (χ0n) is 14.3. The van der Waals surface area contributed by atoms with Gasteiger partial charge in [-0.1, -0.05) is 41.1 Å². The van der Waals surface area contributed by atoms with Crippen molar-refractivity contribution < 1.29 is 14.0 Å². The highest BCUT2D eigenvalue weighted by atomic mass is 35.5. The van der Waals surface area contributed by atoms with Crippen molar-refractivity contribution >= 4 is 39.9 Å². The minimum Gasteiger partial charge on any atom is -0.459 e. The van der Waals surface area contributed by atoms with Crippen LogP contribution in [-0.2, 0) is 24.2 Å². The fourth-order valence-corrected chi connectivity index (χ4v) is 4.17. The van der Waals surface area contributed by atoms with Crippen molar-refractivity contribution in [3.63, 3.8) is 0 Å². The average Bonchev–Trinajstić information content (AvgIpc) is 3.32. The summed E-state index contributed by atoms with van der Waals surface area (Å²) in [6, 6.07) is 10.6. The van der Waals surface area contributed by atoms with Gasteiger partial charge in [0.25, 0.3) is 5.91 Å². The molecule has 0 aliphatic carbocycles. The SMILES string of the molecule is O=C(Nc1nc2c(s1)CN(C(=O)Cc1ccccc1Cl)CC2)c1ccco1. The number of nitrogens with one attached hydrogen (secondary N) is 1. The standard InChI is InChI=1S/C19H16ClN3O3S/c20-13-5-2-1-4-12(13)10-17(24)23-8-7-14-16(11-23)27-19(21-14)22-18(25)15-6-3-9-26-15/h1-6,9H,7-8,10-11H2,(H,21,22,25). The summed E-state index contributed by atoms with van der Waals surface area (Å²) >= 11 is 7.54. The molecule has 0 fully saturated rings. The van der Waals surface area contributed by atoms with Crippen LogP contribution in [0.2, 0.25) is 5.02 Å². The maximum Gasteiger partial charge on any atom is 0.293 e. The molecule has 138 valence electrons. The molecule has 0 spiro atoms. The Morgan fingerprint density at radius 2 is 2.11 bits per heavy atom. The van der Waals surface area contributed by atoms with Crippen LogP contribution >= 0.6 is 22.9 Å². The Labute approximate surface area is 164 Å². The summed E-state index contributed by atoms with van der Waals surface area (Å²) in [4.78, 5) is 32.0. The Morgan fingerprint density at radius 1 is 1.26 bits per heavy atom. The van der Waals surface area contributed by atoms with E-state index in [1.54, 1.807) is 18.2 Å². The number of amides is 2. The molecule has 4 rings (SSSR count). The molecule has 0 bridgehead atoms. The summed E-state index contributed by atoms with van der Waals surface area (Å²) in [5, 5.41) is 3.86. The van der Waals surface area contributed by atoms with Gasteiger partial charge in [0.1, 0.15) is 0 Å². The summed E-state index contributed by atoms with van der Waals surface area (Å²) in [6.07, 6.45) is 2.39. The van der Waals surface area contributed by atoms with E-state index >= 15 is 0 Å². The van der Waals surface area contributed by atoms with Crippen LogP contribution in [0.25, 0.3) is 0 Å². The topological polar surface area (TPSA) is 75.4 Å². The molecule has 0 unspecified atom stereocenters. The Kier molecular flexibility index (Phi) is 4.96. The van der Waals surface area contributed by atoms with E-state index in [1.165, 1.54) is 17.6 Å². The van der Waals surface area contributed by atoms with Gasteiger partial charge in [-0.05, 0) is 23.8 Å². The molecule has 8 heteroatoms. The summed E-state index contributed by atoms with van der Waals surface area (Å²) in [6.45, 7) is 1.10. The summed E-state index contributed by atoms with van der Waals surface area (Å²) in [7, 11) is 0. The molecule has 1 aromatic carbocycles. The second kappa shape index (κ2) is 7.54. The number of nitrogens with zero attached hydrogens (tertiary/aromatic N) is 2. The third kappa shape index (κ3) is 3.89. The number of fused-ring (bicyclic) bond motifs is 1. The van der Waals surface area contributed by atoms with Crippen LogP contribution in [-0.4, -0.2) is 28.2 Å². The van der Waals surface area contributed by atoms with Crippen LogP contribution in [0, 0.1) is 0 Å². The fourth-order valence-electron chi connectivity index (χ4n) is 2.94. The van der Waals surface area contributed by atoms with Crippen LogP contribution in [0.4, 0.5) is 5.13 Å². The lowest BCUT2D eigenvalue weighted by Gasteiger charge is -2.26. The van der Waals surface area contributed by atoms with Crippen LogP contribution in [0.5, 0.6) is 0 Å². The zero-order chi connectivity index (χ0) is 18.8. The molecular weight excluding hydrogens is 386 g/mol. The van der Waals surface area contributed by atoms with Crippen LogP contribution in [0.3, 0.4) is 0 Å². The minimum atomic E-state index is -0.335. The van der Waals surface area contributed by atoms with E-state index < -0.39 is 0 Å². The highest BCUT2D eigenvalue weighted by molar-refractivity contribution is 7.15. The normalized spacial score (nSPS) is 13.3. The van der Waals surface area contributed by atoms with Gasteiger partial charge in [0, 0.05) is 22.9 Å². The predicted octanol–water partition coefficient (Wildman–Crippen LogP) is 3.77. The van der Waals surface area contributed by atoms with Crippen LogP contribution in [0.1, 0.15) is 26.7 Å². The zero-order valence-corrected chi connectivity index (χ0v) is 15.8. The van der Waals surface area contributed by atoms with Gasteiger partial charge in [-0.25, -0.2) is 4.98 Å².